The number of hydrogen-bond donors (Lipinski definition) is 1. The van der Waals surface area contributed by atoms with Crippen molar-refractivity contribution in [3.05, 3.63) is 11.6 Å². The van der Waals surface area contributed by atoms with E-state index in [9.17, 15) is 9.90 Å². The van der Waals surface area contributed by atoms with Crippen molar-refractivity contribution in [2.24, 2.45) is 17.3 Å². The normalized spacial score (nSPS) is 35.2. The van der Waals surface area contributed by atoms with Crippen LogP contribution in [0.4, 0.5) is 0 Å². The van der Waals surface area contributed by atoms with E-state index >= 15 is 0 Å². The molecule has 1 N–H and O–H groups in total. The number of aliphatic hydroxyl groups excluding tert-OH is 1. The Balaban J connectivity index is 1.93. The first-order valence-corrected chi connectivity index (χ1v) is 9.39. The maximum atomic E-state index is 11.2. The monoisotopic (exact) mass is 338 g/mol. The number of hydrogen-bond acceptors (Lipinski definition) is 4. The summed E-state index contributed by atoms with van der Waals surface area (Å²) < 4.78 is 10.2. The Bertz CT molecular complexity index is 455. The summed E-state index contributed by atoms with van der Waals surface area (Å²) in [6.45, 7) is 4.49. The van der Waals surface area contributed by atoms with Gasteiger partial charge in [-0.1, -0.05) is 25.5 Å². The lowest BCUT2D eigenvalue weighted by atomic mass is 9.78. The smallest absolute Gasteiger partial charge is 0.305 e. The second-order valence-electron chi connectivity index (χ2n) is 7.91. The molecular weight excluding hydrogens is 304 g/mol. The second-order valence-corrected chi connectivity index (χ2v) is 7.91. The van der Waals surface area contributed by atoms with Gasteiger partial charge in [0.15, 0.2) is 0 Å². The van der Waals surface area contributed by atoms with Crippen LogP contribution in [-0.2, 0) is 14.3 Å². The Morgan fingerprint density at radius 1 is 1.46 bits per heavy atom. The molecule has 0 radical (unpaired) electrons. The topological polar surface area (TPSA) is 55.8 Å². The molecule has 0 aromatic heterocycles. The van der Waals surface area contributed by atoms with Crippen molar-refractivity contribution in [3.8, 4) is 0 Å². The van der Waals surface area contributed by atoms with Gasteiger partial charge in [-0.2, -0.15) is 0 Å². The Morgan fingerprint density at radius 2 is 2.21 bits per heavy atom. The van der Waals surface area contributed by atoms with Crippen LogP contribution in [0.3, 0.4) is 0 Å². The van der Waals surface area contributed by atoms with Crippen LogP contribution in [0.5, 0.6) is 0 Å². The molecule has 0 amide bonds. The van der Waals surface area contributed by atoms with Crippen molar-refractivity contribution in [3.63, 3.8) is 0 Å². The molecule has 138 valence electrons. The lowest BCUT2D eigenvalue weighted by Crippen LogP contribution is -2.26. The summed E-state index contributed by atoms with van der Waals surface area (Å²) in [5.41, 5.74) is 1.74. The number of aliphatic hydroxyl groups is 1. The number of carbonyl (C=O) groups is 1. The minimum absolute atomic E-state index is 0.128. The van der Waals surface area contributed by atoms with Crippen molar-refractivity contribution < 1.29 is 19.4 Å². The van der Waals surface area contributed by atoms with Gasteiger partial charge in [0.25, 0.3) is 0 Å². The first-order chi connectivity index (χ1) is 11.4. The van der Waals surface area contributed by atoms with E-state index in [4.69, 9.17) is 4.74 Å². The van der Waals surface area contributed by atoms with Crippen LogP contribution in [0.25, 0.3) is 0 Å². The predicted octanol–water partition coefficient (Wildman–Crippen LogP) is 3.87. The maximum Gasteiger partial charge on any atom is 0.305 e. The van der Waals surface area contributed by atoms with Gasteiger partial charge in [0.2, 0.25) is 0 Å². The van der Waals surface area contributed by atoms with Crippen LogP contribution in [0, 0.1) is 17.3 Å². The highest BCUT2D eigenvalue weighted by atomic mass is 16.5. The van der Waals surface area contributed by atoms with E-state index in [-0.39, 0.29) is 23.6 Å². The number of carbonyl (C=O) groups excluding carboxylic acids is 1. The molecule has 5 atom stereocenters. The summed E-state index contributed by atoms with van der Waals surface area (Å²) in [6.07, 6.45) is 9.72. The molecule has 24 heavy (non-hydrogen) atoms. The molecule has 2 saturated carbocycles. The minimum Gasteiger partial charge on any atom is -0.469 e. The summed E-state index contributed by atoms with van der Waals surface area (Å²) >= 11 is 0. The molecule has 2 unspecified atom stereocenters. The third-order valence-electron chi connectivity index (χ3n) is 6.26. The fourth-order valence-corrected chi connectivity index (χ4v) is 4.90. The van der Waals surface area contributed by atoms with Gasteiger partial charge in [-0.25, -0.2) is 0 Å². The number of ether oxygens (including phenoxy) is 2. The molecular formula is C20H34O4. The molecule has 2 rings (SSSR count). The molecule has 0 bridgehead atoms. The Morgan fingerprint density at radius 3 is 2.83 bits per heavy atom. The molecule has 0 aromatic rings. The Labute approximate surface area is 146 Å². The summed E-state index contributed by atoms with van der Waals surface area (Å²) in [5, 5.41) is 10.6. The molecule has 4 nitrogen and oxygen atoms in total. The third-order valence-corrected chi connectivity index (χ3v) is 6.26. The molecule has 0 spiro atoms. The zero-order chi connectivity index (χ0) is 17.7. The highest BCUT2D eigenvalue weighted by Crippen LogP contribution is 2.59. The van der Waals surface area contributed by atoms with Crippen molar-refractivity contribution in [1.29, 1.82) is 0 Å². The van der Waals surface area contributed by atoms with Gasteiger partial charge in [-0.05, 0) is 62.2 Å². The standard InChI is InChI=1S/C20H34O4/c1-5-15(23-3)11-16-17-10-14(8-6-7-9-19(22)24-4)12-20(17,2)13-18(16)21/h8,15-18,21H,5-7,9-13H2,1-4H3/b14-8-/t15?,16-,17?,18-,20+/m1/s1. The number of unbranched alkanes of at least 4 members (excludes halogenated alkanes) is 1. The maximum absolute atomic E-state index is 11.2. The van der Waals surface area contributed by atoms with Gasteiger partial charge in [0, 0.05) is 13.5 Å². The van der Waals surface area contributed by atoms with Crippen molar-refractivity contribution in [1.82, 2.24) is 0 Å². The van der Waals surface area contributed by atoms with Crippen LogP contribution >= 0.6 is 0 Å². The van der Waals surface area contributed by atoms with E-state index in [1.165, 1.54) is 12.7 Å². The van der Waals surface area contributed by atoms with Crippen LogP contribution in [-0.4, -0.2) is 37.5 Å². The van der Waals surface area contributed by atoms with Gasteiger partial charge in [0.05, 0.1) is 19.3 Å². The molecule has 0 aromatic carbocycles. The molecule has 0 saturated heterocycles. The predicted molar refractivity (Wildman–Crippen MR) is 94.6 cm³/mol. The lowest BCUT2D eigenvalue weighted by Gasteiger charge is -2.28. The SMILES string of the molecule is CCC(C[C@@H]1C2C/C(=C/CCCC(=O)OC)C[C@@]2(C)C[C@H]1O)OC. The number of rotatable bonds is 8. The van der Waals surface area contributed by atoms with Gasteiger partial charge in [-0.3, -0.25) is 4.79 Å². The zero-order valence-electron chi connectivity index (χ0n) is 15.7. The third kappa shape index (κ3) is 4.40. The highest BCUT2D eigenvalue weighted by Gasteiger charge is 2.53. The van der Waals surface area contributed by atoms with Crippen molar-refractivity contribution in [2.75, 3.05) is 14.2 Å². The van der Waals surface area contributed by atoms with Crippen LogP contribution in [0.2, 0.25) is 0 Å². The van der Waals surface area contributed by atoms with Gasteiger partial charge < -0.3 is 14.6 Å². The van der Waals surface area contributed by atoms with Crippen molar-refractivity contribution >= 4 is 5.97 Å². The fraction of sp³-hybridized carbons (Fsp3) is 0.850. The van der Waals surface area contributed by atoms with E-state index in [0.717, 1.165) is 44.9 Å². The first kappa shape index (κ1) is 19.5. The second kappa shape index (κ2) is 8.48. The lowest BCUT2D eigenvalue weighted by molar-refractivity contribution is -0.140. The molecule has 2 aliphatic carbocycles. The average Bonchev–Trinajstić information content (AvgIpc) is 2.98. The molecule has 0 heterocycles. The van der Waals surface area contributed by atoms with Crippen molar-refractivity contribution in [2.45, 2.75) is 77.4 Å². The molecule has 2 fully saturated rings. The van der Waals surface area contributed by atoms with Gasteiger partial charge in [-0.15, -0.1) is 0 Å². The quantitative estimate of drug-likeness (QED) is 0.415. The average molecular weight is 338 g/mol. The molecule has 2 aliphatic rings. The van der Waals surface area contributed by atoms with E-state index in [1.807, 2.05) is 0 Å². The summed E-state index contributed by atoms with van der Waals surface area (Å²) in [6, 6.07) is 0. The number of methoxy groups -OCH3 is 2. The van der Waals surface area contributed by atoms with E-state index < -0.39 is 0 Å². The van der Waals surface area contributed by atoms with Crippen LogP contribution in [0.15, 0.2) is 11.6 Å². The molecule has 0 aliphatic heterocycles. The number of fused-ring (bicyclic) bond motifs is 1. The Hall–Kier alpha value is -0.870. The summed E-state index contributed by atoms with van der Waals surface area (Å²) in [7, 11) is 3.21. The fourth-order valence-electron chi connectivity index (χ4n) is 4.90. The van der Waals surface area contributed by atoms with Gasteiger partial charge in [0.1, 0.15) is 0 Å². The highest BCUT2D eigenvalue weighted by molar-refractivity contribution is 5.69. The first-order valence-electron chi connectivity index (χ1n) is 9.39. The van der Waals surface area contributed by atoms with Gasteiger partial charge >= 0.3 is 5.97 Å². The number of esters is 1. The largest absolute Gasteiger partial charge is 0.469 e. The minimum atomic E-state index is -0.190. The molecule has 4 heteroatoms. The van der Waals surface area contributed by atoms with E-state index in [1.54, 1.807) is 7.11 Å². The zero-order valence-corrected chi connectivity index (χ0v) is 15.7. The van der Waals surface area contributed by atoms with E-state index in [0.29, 0.717) is 18.3 Å². The van der Waals surface area contributed by atoms with Crippen LogP contribution in [0.1, 0.15) is 65.2 Å². The Kier molecular flexibility index (Phi) is 6.88. The summed E-state index contributed by atoms with van der Waals surface area (Å²) in [5.74, 6) is 0.779. The number of allylic oxidation sites excluding steroid dienone is 2. The van der Waals surface area contributed by atoms with E-state index in [2.05, 4.69) is 24.7 Å². The summed E-state index contributed by atoms with van der Waals surface area (Å²) in [4.78, 5) is 11.2. The van der Waals surface area contributed by atoms with Crippen LogP contribution < -0.4 is 0 Å².